The number of benzene rings is 1. The Balaban J connectivity index is 0.000000187. The highest BCUT2D eigenvalue weighted by molar-refractivity contribution is 6.27. The van der Waals surface area contributed by atoms with E-state index >= 15 is 0 Å². The molecule has 6 nitrogen and oxygen atoms in total. The second-order valence-electron chi connectivity index (χ2n) is 2.99. The van der Waals surface area contributed by atoms with Crippen molar-refractivity contribution in [2.45, 2.75) is 6.42 Å². The molecule has 2 rings (SSSR count). The number of carboxylic acid groups (broad SMARTS) is 2. The lowest BCUT2D eigenvalue weighted by Gasteiger charge is -1.93. The lowest BCUT2D eigenvalue weighted by Crippen LogP contribution is -2.09. The van der Waals surface area contributed by atoms with Crippen LogP contribution in [0.15, 0.2) is 24.3 Å². The molecule has 0 aliphatic carbocycles. The number of fused-ring (bicyclic) bond motifs is 1. The number of rotatable bonds is 0. The first-order valence-electron chi connectivity index (χ1n) is 4.34. The molecule has 16 heavy (non-hydrogen) atoms. The number of amides is 1. The highest BCUT2D eigenvalue weighted by Crippen LogP contribution is 2.20. The van der Waals surface area contributed by atoms with Crippen molar-refractivity contribution in [3.05, 3.63) is 29.8 Å². The van der Waals surface area contributed by atoms with Gasteiger partial charge in [-0.3, -0.25) is 4.79 Å². The van der Waals surface area contributed by atoms with Gasteiger partial charge in [0.2, 0.25) is 5.91 Å². The van der Waals surface area contributed by atoms with Crippen LogP contribution in [0, 0.1) is 0 Å². The quantitative estimate of drug-likeness (QED) is 0.550. The van der Waals surface area contributed by atoms with E-state index < -0.39 is 11.9 Å². The van der Waals surface area contributed by atoms with Crippen LogP contribution in [0.25, 0.3) is 0 Å². The van der Waals surface area contributed by atoms with Crippen LogP contribution < -0.4 is 5.32 Å². The van der Waals surface area contributed by atoms with Crippen LogP contribution in [0.5, 0.6) is 0 Å². The maximum Gasteiger partial charge on any atom is 0.414 e. The maximum atomic E-state index is 10.8. The number of aliphatic carboxylic acids is 2. The zero-order chi connectivity index (χ0) is 12.1. The number of hydrogen-bond donors (Lipinski definition) is 3. The maximum absolute atomic E-state index is 10.8. The zero-order valence-electron chi connectivity index (χ0n) is 8.14. The van der Waals surface area contributed by atoms with Gasteiger partial charge in [-0.1, -0.05) is 18.2 Å². The smallest absolute Gasteiger partial charge is 0.414 e. The molecule has 0 spiro atoms. The van der Waals surface area contributed by atoms with Gasteiger partial charge in [0.15, 0.2) is 0 Å². The molecule has 0 bridgehead atoms. The van der Waals surface area contributed by atoms with Crippen molar-refractivity contribution in [1.29, 1.82) is 0 Å². The molecule has 1 aliphatic rings. The molecule has 1 aromatic carbocycles. The molecular weight excluding hydrogens is 214 g/mol. The largest absolute Gasteiger partial charge is 0.473 e. The Morgan fingerprint density at radius 2 is 1.69 bits per heavy atom. The molecule has 0 saturated heterocycles. The summed E-state index contributed by atoms with van der Waals surface area (Å²) in [6.07, 6.45) is 0.538. The summed E-state index contributed by atoms with van der Waals surface area (Å²) in [6, 6.07) is 7.75. The second-order valence-corrected chi connectivity index (χ2v) is 2.99. The van der Waals surface area contributed by atoms with E-state index in [4.69, 9.17) is 19.8 Å². The van der Waals surface area contributed by atoms with Gasteiger partial charge in [0.25, 0.3) is 0 Å². The van der Waals surface area contributed by atoms with Gasteiger partial charge >= 0.3 is 11.9 Å². The van der Waals surface area contributed by atoms with Gasteiger partial charge < -0.3 is 15.5 Å². The summed E-state index contributed by atoms with van der Waals surface area (Å²) in [4.78, 5) is 29.0. The van der Waals surface area contributed by atoms with Gasteiger partial charge in [-0.25, -0.2) is 9.59 Å². The number of carboxylic acids is 2. The van der Waals surface area contributed by atoms with E-state index in [0.29, 0.717) is 6.42 Å². The molecule has 1 aromatic rings. The number of carbonyl (C=O) groups is 3. The number of carbonyl (C=O) groups excluding carboxylic acids is 1. The zero-order valence-corrected chi connectivity index (χ0v) is 8.14. The number of para-hydroxylation sites is 1. The van der Waals surface area contributed by atoms with Crippen LogP contribution in [0.3, 0.4) is 0 Å². The third kappa shape index (κ3) is 3.09. The van der Waals surface area contributed by atoms with Crippen molar-refractivity contribution in [2.75, 3.05) is 5.32 Å². The van der Waals surface area contributed by atoms with Crippen LogP contribution in [0.2, 0.25) is 0 Å². The first-order chi connectivity index (χ1) is 7.50. The average molecular weight is 223 g/mol. The molecule has 0 aromatic heterocycles. The summed E-state index contributed by atoms with van der Waals surface area (Å²) in [5.41, 5.74) is 2.07. The van der Waals surface area contributed by atoms with Crippen molar-refractivity contribution < 1.29 is 24.6 Å². The van der Waals surface area contributed by atoms with Gasteiger partial charge in [0, 0.05) is 5.69 Å². The van der Waals surface area contributed by atoms with E-state index in [9.17, 15) is 4.79 Å². The Morgan fingerprint density at radius 3 is 2.19 bits per heavy atom. The average Bonchev–Trinajstić information content (AvgIpc) is 2.58. The Morgan fingerprint density at radius 1 is 1.12 bits per heavy atom. The molecule has 0 radical (unpaired) electrons. The summed E-state index contributed by atoms with van der Waals surface area (Å²) in [5, 5.41) is 17.5. The van der Waals surface area contributed by atoms with Crippen LogP contribution in [-0.4, -0.2) is 28.1 Å². The minimum Gasteiger partial charge on any atom is -0.473 e. The highest BCUT2D eigenvalue weighted by atomic mass is 16.4. The molecule has 0 atom stereocenters. The molecule has 84 valence electrons. The number of anilines is 1. The Hall–Kier alpha value is -2.37. The van der Waals surface area contributed by atoms with Gasteiger partial charge in [0.05, 0.1) is 6.42 Å². The Labute approximate surface area is 90.5 Å². The fourth-order valence-electron chi connectivity index (χ4n) is 1.16. The van der Waals surface area contributed by atoms with Crippen molar-refractivity contribution in [1.82, 2.24) is 0 Å². The predicted molar refractivity (Wildman–Crippen MR) is 54.0 cm³/mol. The molecule has 3 N–H and O–H groups in total. The molecule has 6 heteroatoms. The van der Waals surface area contributed by atoms with Crippen molar-refractivity contribution in [3.63, 3.8) is 0 Å². The van der Waals surface area contributed by atoms with Crippen LogP contribution in [0.4, 0.5) is 5.69 Å². The van der Waals surface area contributed by atoms with Gasteiger partial charge in [-0.2, -0.15) is 0 Å². The van der Waals surface area contributed by atoms with E-state index in [1.165, 1.54) is 0 Å². The van der Waals surface area contributed by atoms with Crippen LogP contribution in [0.1, 0.15) is 5.56 Å². The van der Waals surface area contributed by atoms with Crippen molar-refractivity contribution in [2.24, 2.45) is 0 Å². The minimum absolute atomic E-state index is 0.0983. The van der Waals surface area contributed by atoms with Gasteiger partial charge in [0.1, 0.15) is 0 Å². The SMILES string of the molecule is O=C(O)C(=O)O.O=C1Cc2ccccc2N1. The van der Waals surface area contributed by atoms with E-state index in [1.807, 2.05) is 24.3 Å². The number of nitrogens with one attached hydrogen (secondary N) is 1. The third-order valence-electron chi connectivity index (χ3n) is 1.83. The molecule has 1 heterocycles. The summed E-state index contributed by atoms with van der Waals surface area (Å²) in [5.74, 6) is -3.55. The van der Waals surface area contributed by atoms with Gasteiger partial charge in [-0.15, -0.1) is 0 Å². The topological polar surface area (TPSA) is 104 Å². The second kappa shape index (κ2) is 4.92. The molecule has 1 amide bonds. The normalized spacial score (nSPS) is 11.9. The lowest BCUT2D eigenvalue weighted by molar-refractivity contribution is -0.159. The highest BCUT2D eigenvalue weighted by Gasteiger charge is 2.15. The fraction of sp³-hybridized carbons (Fsp3) is 0.100. The van der Waals surface area contributed by atoms with Crippen molar-refractivity contribution in [3.8, 4) is 0 Å². The molecule has 0 fully saturated rings. The molecule has 0 saturated carbocycles. The molecular formula is C10H9NO5. The monoisotopic (exact) mass is 223 g/mol. The Bertz CT molecular complexity index is 402. The molecule has 0 unspecified atom stereocenters. The Kier molecular flexibility index (Phi) is 3.60. The van der Waals surface area contributed by atoms with E-state index in [0.717, 1.165) is 11.3 Å². The van der Waals surface area contributed by atoms with E-state index in [1.54, 1.807) is 0 Å². The lowest BCUT2D eigenvalue weighted by atomic mass is 10.2. The van der Waals surface area contributed by atoms with E-state index in [2.05, 4.69) is 5.32 Å². The predicted octanol–water partition coefficient (Wildman–Crippen LogP) is 0.337. The summed E-state index contributed by atoms with van der Waals surface area (Å²) < 4.78 is 0. The molecule has 1 aliphatic heterocycles. The van der Waals surface area contributed by atoms with Crippen molar-refractivity contribution >= 4 is 23.5 Å². The first kappa shape index (κ1) is 11.7. The number of hydrogen-bond acceptors (Lipinski definition) is 3. The summed E-state index contributed by atoms with van der Waals surface area (Å²) in [6.45, 7) is 0. The minimum atomic E-state index is -1.82. The van der Waals surface area contributed by atoms with E-state index in [-0.39, 0.29) is 5.91 Å². The van der Waals surface area contributed by atoms with Gasteiger partial charge in [-0.05, 0) is 11.6 Å². The van der Waals surface area contributed by atoms with Crippen LogP contribution >= 0.6 is 0 Å². The first-order valence-corrected chi connectivity index (χ1v) is 4.34. The fourth-order valence-corrected chi connectivity index (χ4v) is 1.16. The summed E-state index contributed by atoms with van der Waals surface area (Å²) >= 11 is 0. The summed E-state index contributed by atoms with van der Waals surface area (Å²) in [7, 11) is 0. The van der Waals surface area contributed by atoms with Crippen LogP contribution in [-0.2, 0) is 20.8 Å². The standard InChI is InChI=1S/C8H7NO.C2H2O4/c10-8-5-6-3-1-2-4-7(6)9-8;3-1(4)2(5)6/h1-4H,5H2,(H,9,10);(H,3,4)(H,5,6). The third-order valence-corrected chi connectivity index (χ3v) is 1.83.